The van der Waals surface area contributed by atoms with E-state index in [0.717, 1.165) is 5.75 Å². The second-order valence-electron chi connectivity index (χ2n) is 9.07. The maximum absolute atomic E-state index is 6.54. The van der Waals surface area contributed by atoms with E-state index >= 15 is 0 Å². The molecule has 0 bridgehead atoms. The quantitative estimate of drug-likeness (QED) is 0.526. The van der Waals surface area contributed by atoms with Crippen molar-refractivity contribution in [2.45, 2.75) is 73.5 Å². The van der Waals surface area contributed by atoms with Crippen LogP contribution in [0.2, 0.25) is 18.1 Å². The first-order valence-corrected chi connectivity index (χ1v) is 12.1. The van der Waals surface area contributed by atoms with Crippen LogP contribution in [0.5, 0.6) is 5.75 Å². The summed E-state index contributed by atoms with van der Waals surface area (Å²) in [6, 6.07) is 9.01. The van der Waals surface area contributed by atoms with Crippen molar-refractivity contribution in [2.75, 3.05) is 0 Å². The van der Waals surface area contributed by atoms with Gasteiger partial charge in [-0.25, -0.2) is 0 Å². The zero-order valence-electron chi connectivity index (χ0n) is 17.7. The molecule has 136 valence electrons. The Morgan fingerprint density at radius 2 is 1.04 bits per heavy atom. The number of aryl methyl sites for hydroxylation is 5. The lowest BCUT2D eigenvalue weighted by molar-refractivity contribution is 0.491. The van der Waals surface area contributed by atoms with E-state index < -0.39 is 8.32 Å². The summed E-state index contributed by atoms with van der Waals surface area (Å²) in [5, 5.41) is 0.206. The van der Waals surface area contributed by atoms with Crippen molar-refractivity contribution in [3.05, 3.63) is 52.1 Å². The van der Waals surface area contributed by atoms with Gasteiger partial charge in [0.25, 0.3) is 0 Å². The smallest absolute Gasteiger partial charge is 0.250 e. The molecular weight excluding hydrogens is 320 g/mol. The van der Waals surface area contributed by atoms with Gasteiger partial charge in [0.15, 0.2) is 0 Å². The molecular formula is C23H34OSi. The normalized spacial score (nSPS) is 12.4. The average Bonchev–Trinajstić information content (AvgIpc) is 2.38. The Balaban J connectivity index is 2.53. The fraction of sp³-hybridized carbons (Fsp3) is 0.478. The average molecular weight is 355 g/mol. The summed E-state index contributed by atoms with van der Waals surface area (Å²) in [5.74, 6) is 1.02. The molecule has 1 nitrogen and oxygen atoms in total. The third kappa shape index (κ3) is 4.00. The third-order valence-electron chi connectivity index (χ3n) is 5.61. The Morgan fingerprint density at radius 3 is 1.40 bits per heavy atom. The summed E-state index contributed by atoms with van der Waals surface area (Å²) in [7, 11) is -1.82. The first kappa shape index (κ1) is 19.8. The topological polar surface area (TPSA) is 9.23 Å². The van der Waals surface area contributed by atoms with Gasteiger partial charge < -0.3 is 4.43 Å². The molecule has 0 radical (unpaired) electrons. The molecule has 0 fully saturated rings. The van der Waals surface area contributed by atoms with Crippen molar-refractivity contribution in [1.29, 1.82) is 0 Å². The molecule has 2 heteroatoms. The van der Waals surface area contributed by atoms with Crippen molar-refractivity contribution in [2.24, 2.45) is 0 Å². The maximum Gasteiger partial charge on any atom is 0.250 e. The van der Waals surface area contributed by atoms with Crippen LogP contribution in [-0.2, 0) is 0 Å². The van der Waals surface area contributed by atoms with Crippen LogP contribution in [0.4, 0.5) is 0 Å². The van der Waals surface area contributed by atoms with Crippen molar-refractivity contribution in [3.63, 3.8) is 0 Å². The summed E-state index contributed by atoms with van der Waals surface area (Å²) in [6.45, 7) is 22.5. The molecule has 2 aromatic rings. The lowest BCUT2D eigenvalue weighted by Gasteiger charge is -2.36. The highest BCUT2D eigenvalue weighted by Gasteiger charge is 2.39. The minimum atomic E-state index is -1.82. The summed E-state index contributed by atoms with van der Waals surface area (Å²) in [5.41, 5.74) is 9.35. The zero-order valence-corrected chi connectivity index (χ0v) is 18.7. The molecule has 25 heavy (non-hydrogen) atoms. The molecule has 0 aromatic heterocycles. The molecule has 2 aromatic carbocycles. The maximum atomic E-state index is 6.54. The van der Waals surface area contributed by atoms with E-state index in [0.29, 0.717) is 0 Å². The molecule has 0 amide bonds. The van der Waals surface area contributed by atoms with Gasteiger partial charge in [0, 0.05) is 0 Å². The molecule has 0 heterocycles. The van der Waals surface area contributed by atoms with E-state index in [1.54, 1.807) is 0 Å². The predicted octanol–water partition coefficient (Wildman–Crippen LogP) is 7.28. The molecule has 0 saturated carbocycles. The number of hydrogen-bond acceptors (Lipinski definition) is 1. The van der Waals surface area contributed by atoms with Gasteiger partial charge in [-0.3, -0.25) is 0 Å². The third-order valence-corrected chi connectivity index (χ3v) is 9.97. The van der Waals surface area contributed by atoms with E-state index in [9.17, 15) is 0 Å². The standard InChI is InChI=1S/C23H34OSi/c1-15-11-16(2)21(17(3)12-15)22-18(4)13-20(14-19(22)5)24-25(9,10)23(6,7)8/h11-14H,1-10H3. The van der Waals surface area contributed by atoms with Crippen molar-refractivity contribution in [1.82, 2.24) is 0 Å². The van der Waals surface area contributed by atoms with Crippen LogP contribution in [0.15, 0.2) is 24.3 Å². The second kappa shape index (κ2) is 6.64. The van der Waals surface area contributed by atoms with Gasteiger partial charge in [-0.05, 0) is 98.3 Å². The Bertz CT molecular complexity index is 748. The second-order valence-corrected chi connectivity index (χ2v) is 13.8. The van der Waals surface area contributed by atoms with Gasteiger partial charge in [0.1, 0.15) is 5.75 Å². The van der Waals surface area contributed by atoms with Gasteiger partial charge >= 0.3 is 0 Å². The SMILES string of the molecule is Cc1cc(C)c(-c2c(C)cc(O[Si](C)(C)C(C)(C)C)cc2C)c(C)c1. The highest BCUT2D eigenvalue weighted by atomic mass is 28.4. The van der Waals surface area contributed by atoms with Crippen LogP contribution in [0.1, 0.15) is 48.6 Å². The summed E-state index contributed by atoms with van der Waals surface area (Å²) in [6.07, 6.45) is 0. The monoisotopic (exact) mass is 354 g/mol. The summed E-state index contributed by atoms with van der Waals surface area (Å²) < 4.78 is 6.54. The minimum Gasteiger partial charge on any atom is -0.543 e. The minimum absolute atomic E-state index is 0.206. The van der Waals surface area contributed by atoms with Crippen molar-refractivity contribution >= 4 is 8.32 Å². The zero-order chi connectivity index (χ0) is 19.2. The van der Waals surface area contributed by atoms with Crippen LogP contribution in [0, 0.1) is 34.6 Å². The summed E-state index contributed by atoms with van der Waals surface area (Å²) in [4.78, 5) is 0. The molecule has 0 saturated heterocycles. The molecule has 0 aliphatic rings. The van der Waals surface area contributed by atoms with Crippen LogP contribution in [-0.4, -0.2) is 8.32 Å². The largest absolute Gasteiger partial charge is 0.543 e. The first-order valence-electron chi connectivity index (χ1n) is 9.22. The van der Waals surface area contributed by atoms with Crippen LogP contribution >= 0.6 is 0 Å². The van der Waals surface area contributed by atoms with Crippen LogP contribution in [0.3, 0.4) is 0 Å². The predicted molar refractivity (Wildman–Crippen MR) is 113 cm³/mol. The van der Waals surface area contributed by atoms with E-state index in [1.807, 2.05) is 0 Å². The highest BCUT2D eigenvalue weighted by Crippen LogP contribution is 2.40. The van der Waals surface area contributed by atoms with Gasteiger partial charge in [0.05, 0.1) is 0 Å². The Labute approximate surface area is 155 Å². The lowest BCUT2D eigenvalue weighted by Crippen LogP contribution is -2.43. The molecule has 0 aliphatic carbocycles. The van der Waals surface area contributed by atoms with Crippen molar-refractivity contribution < 1.29 is 4.43 Å². The molecule has 0 N–H and O–H groups in total. The Hall–Kier alpha value is -1.54. The van der Waals surface area contributed by atoms with Crippen molar-refractivity contribution in [3.8, 4) is 16.9 Å². The van der Waals surface area contributed by atoms with Gasteiger partial charge in [-0.2, -0.15) is 0 Å². The van der Waals surface area contributed by atoms with E-state index in [2.05, 4.69) is 92.7 Å². The number of benzene rings is 2. The van der Waals surface area contributed by atoms with Gasteiger partial charge in [-0.1, -0.05) is 38.5 Å². The fourth-order valence-corrected chi connectivity index (χ4v) is 4.41. The van der Waals surface area contributed by atoms with E-state index in [1.165, 1.54) is 38.9 Å². The Kier molecular flexibility index (Phi) is 5.25. The molecule has 0 atom stereocenters. The Morgan fingerprint density at radius 1 is 0.680 bits per heavy atom. The van der Waals surface area contributed by atoms with Gasteiger partial charge in [-0.15, -0.1) is 0 Å². The molecule has 2 rings (SSSR count). The lowest BCUT2D eigenvalue weighted by atomic mass is 9.88. The summed E-state index contributed by atoms with van der Waals surface area (Å²) >= 11 is 0. The van der Waals surface area contributed by atoms with E-state index in [-0.39, 0.29) is 5.04 Å². The van der Waals surface area contributed by atoms with E-state index in [4.69, 9.17) is 4.43 Å². The van der Waals surface area contributed by atoms with Crippen LogP contribution in [0.25, 0.3) is 11.1 Å². The highest BCUT2D eigenvalue weighted by molar-refractivity contribution is 6.74. The van der Waals surface area contributed by atoms with Crippen LogP contribution < -0.4 is 4.43 Å². The molecule has 0 unspecified atom stereocenters. The fourth-order valence-electron chi connectivity index (χ4n) is 3.40. The molecule has 0 aliphatic heterocycles. The number of rotatable bonds is 3. The molecule has 0 spiro atoms. The van der Waals surface area contributed by atoms with Gasteiger partial charge in [0.2, 0.25) is 8.32 Å². The first-order chi connectivity index (χ1) is 11.3. The number of hydrogen-bond donors (Lipinski definition) is 0.